The highest BCUT2D eigenvalue weighted by Crippen LogP contribution is 2.33. The summed E-state index contributed by atoms with van der Waals surface area (Å²) in [7, 11) is 0. The number of hydrogen-bond acceptors (Lipinski definition) is 6. The lowest BCUT2D eigenvalue weighted by atomic mass is 10.1. The van der Waals surface area contributed by atoms with Gasteiger partial charge >= 0.3 is 5.97 Å². The summed E-state index contributed by atoms with van der Waals surface area (Å²) >= 11 is 1.34. The van der Waals surface area contributed by atoms with Crippen LogP contribution in [0.4, 0.5) is 5.00 Å². The van der Waals surface area contributed by atoms with Gasteiger partial charge in [0.2, 0.25) is 0 Å². The van der Waals surface area contributed by atoms with Gasteiger partial charge in [-0.1, -0.05) is 6.07 Å². The Morgan fingerprint density at radius 3 is 2.43 bits per heavy atom. The van der Waals surface area contributed by atoms with Crippen LogP contribution in [0, 0.1) is 27.7 Å². The van der Waals surface area contributed by atoms with Crippen molar-refractivity contribution in [2.45, 2.75) is 41.2 Å². The highest BCUT2D eigenvalue weighted by Gasteiger charge is 2.23. The summed E-state index contributed by atoms with van der Waals surface area (Å²) in [6.07, 6.45) is 0. The number of nitrogens with one attached hydrogen (secondary N) is 1. The Morgan fingerprint density at radius 1 is 1.07 bits per heavy atom. The number of thiophene rings is 1. The molecule has 30 heavy (non-hydrogen) atoms. The van der Waals surface area contributed by atoms with Crippen molar-refractivity contribution < 1.29 is 23.5 Å². The second-order valence-corrected chi connectivity index (χ2v) is 8.26. The van der Waals surface area contributed by atoms with Gasteiger partial charge in [0.05, 0.1) is 12.2 Å². The number of esters is 1. The normalized spacial score (nSPS) is 10.7. The zero-order valence-corrected chi connectivity index (χ0v) is 18.6. The van der Waals surface area contributed by atoms with Crippen LogP contribution in [0.2, 0.25) is 0 Å². The van der Waals surface area contributed by atoms with E-state index in [1.165, 1.54) is 11.3 Å². The van der Waals surface area contributed by atoms with Crippen LogP contribution in [-0.2, 0) is 11.3 Å². The van der Waals surface area contributed by atoms with E-state index < -0.39 is 11.9 Å². The third-order valence-electron chi connectivity index (χ3n) is 4.55. The summed E-state index contributed by atoms with van der Waals surface area (Å²) in [6, 6.07) is 9.26. The van der Waals surface area contributed by atoms with Crippen molar-refractivity contribution in [1.82, 2.24) is 0 Å². The molecular weight excluding hydrogens is 402 g/mol. The molecule has 1 amide bonds. The van der Waals surface area contributed by atoms with Gasteiger partial charge in [-0.2, -0.15) is 0 Å². The summed E-state index contributed by atoms with van der Waals surface area (Å²) in [5, 5.41) is 3.23. The number of hydrogen-bond donors (Lipinski definition) is 1. The second-order valence-electron chi connectivity index (χ2n) is 7.04. The van der Waals surface area contributed by atoms with Gasteiger partial charge in [0.1, 0.15) is 23.1 Å². The summed E-state index contributed by atoms with van der Waals surface area (Å²) in [5.41, 5.74) is 3.42. The van der Waals surface area contributed by atoms with E-state index in [0.29, 0.717) is 16.3 Å². The number of carbonyl (C=O) groups is 2. The van der Waals surface area contributed by atoms with Crippen molar-refractivity contribution in [3.8, 4) is 5.75 Å². The molecule has 158 valence electrons. The maximum atomic E-state index is 12.7. The van der Waals surface area contributed by atoms with Crippen molar-refractivity contribution in [3.63, 3.8) is 0 Å². The number of anilines is 1. The van der Waals surface area contributed by atoms with Gasteiger partial charge in [0, 0.05) is 4.88 Å². The van der Waals surface area contributed by atoms with Gasteiger partial charge in [-0.05, 0) is 75.6 Å². The fraction of sp³-hybridized carbons (Fsp3) is 0.304. The lowest BCUT2D eigenvalue weighted by molar-refractivity contribution is 0.0527. The quantitative estimate of drug-likeness (QED) is 0.498. The van der Waals surface area contributed by atoms with Crippen LogP contribution in [0.5, 0.6) is 5.75 Å². The van der Waals surface area contributed by atoms with Crippen molar-refractivity contribution in [1.29, 1.82) is 0 Å². The molecule has 0 radical (unpaired) electrons. The van der Waals surface area contributed by atoms with E-state index in [0.717, 1.165) is 27.3 Å². The van der Waals surface area contributed by atoms with E-state index in [4.69, 9.17) is 13.9 Å². The Kier molecular flexibility index (Phi) is 6.62. The lowest BCUT2D eigenvalue weighted by Crippen LogP contribution is -2.14. The molecular formula is C23H25NO5S. The summed E-state index contributed by atoms with van der Waals surface area (Å²) in [5.74, 6) is 0.547. The molecule has 2 heterocycles. The minimum Gasteiger partial charge on any atom is -0.486 e. The van der Waals surface area contributed by atoms with Crippen molar-refractivity contribution in [2.24, 2.45) is 0 Å². The third kappa shape index (κ3) is 4.91. The van der Waals surface area contributed by atoms with Crippen molar-refractivity contribution in [2.75, 3.05) is 11.9 Å². The SMILES string of the molecule is CCOC(=O)c1c(NC(=O)c2ccc(COc3cc(C)cc(C)c3)o2)sc(C)c1C. The fourth-order valence-corrected chi connectivity index (χ4v) is 4.12. The van der Waals surface area contributed by atoms with Gasteiger partial charge in [-0.25, -0.2) is 4.79 Å². The average Bonchev–Trinajstić information content (AvgIpc) is 3.25. The largest absolute Gasteiger partial charge is 0.486 e. The van der Waals surface area contributed by atoms with Gasteiger partial charge in [0.25, 0.3) is 5.91 Å². The first kappa shape index (κ1) is 21.6. The maximum absolute atomic E-state index is 12.7. The first-order valence-corrected chi connectivity index (χ1v) is 10.5. The maximum Gasteiger partial charge on any atom is 0.341 e. The van der Waals surface area contributed by atoms with Crippen LogP contribution in [0.1, 0.15) is 55.2 Å². The topological polar surface area (TPSA) is 77.8 Å². The zero-order chi connectivity index (χ0) is 21.8. The van der Waals surface area contributed by atoms with Crippen LogP contribution in [0.3, 0.4) is 0 Å². The number of aryl methyl sites for hydroxylation is 3. The van der Waals surface area contributed by atoms with Crippen molar-refractivity contribution in [3.05, 3.63) is 69.0 Å². The molecule has 7 heteroatoms. The summed E-state index contributed by atoms with van der Waals surface area (Å²) in [6.45, 7) is 9.97. The monoisotopic (exact) mass is 427 g/mol. The molecule has 0 saturated heterocycles. The van der Waals surface area contributed by atoms with Crippen LogP contribution in [0.25, 0.3) is 0 Å². The van der Waals surface area contributed by atoms with E-state index in [2.05, 4.69) is 11.4 Å². The molecule has 0 saturated carbocycles. The third-order valence-corrected chi connectivity index (χ3v) is 5.68. The Labute approximate surface area is 179 Å². The molecule has 0 aliphatic heterocycles. The van der Waals surface area contributed by atoms with E-state index >= 15 is 0 Å². The van der Waals surface area contributed by atoms with E-state index in [9.17, 15) is 9.59 Å². The molecule has 3 aromatic rings. The number of rotatable bonds is 7. The number of ether oxygens (including phenoxy) is 2. The average molecular weight is 428 g/mol. The van der Waals surface area contributed by atoms with E-state index in [1.807, 2.05) is 39.8 Å². The Bertz CT molecular complexity index is 1060. The van der Waals surface area contributed by atoms with Gasteiger partial charge < -0.3 is 19.2 Å². The molecule has 0 fully saturated rings. The first-order chi connectivity index (χ1) is 14.3. The molecule has 0 aliphatic rings. The predicted octanol–water partition coefficient (Wildman–Crippen LogP) is 5.58. The molecule has 2 aromatic heterocycles. The second kappa shape index (κ2) is 9.17. The van der Waals surface area contributed by atoms with Crippen LogP contribution < -0.4 is 10.1 Å². The molecule has 6 nitrogen and oxygen atoms in total. The molecule has 0 unspecified atom stereocenters. The smallest absolute Gasteiger partial charge is 0.341 e. The number of furan rings is 1. The van der Waals surface area contributed by atoms with Gasteiger partial charge in [0.15, 0.2) is 5.76 Å². The van der Waals surface area contributed by atoms with Crippen LogP contribution in [0.15, 0.2) is 34.7 Å². The highest BCUT2D eigenvalue weighted by atomic mass is 32.1. The van der Waals surface area contributed by atoms with Crippen LogP contribution in [-0.4, -0.2) is 18.5 Å². The Hall–Kier alpha value is -3.06. The van der Waals surface area contributed by atoms with Crippen molar-refractivity contribution >= 4 is 28.2 Å². The molecule has 1 aromatic carbocycles. The molecule has 0 atom stereocenters. The minimum absolute atomic E-state index is 0.146. The van der Waals surface area contributed by atoms with E-state index in [-0.39, 0.29) is 19.0 Å². The molecule has 1 N–H and O–H groups in total. The summed E-state index contributed by atoms with van der Waals surface area (Å²) in [4.78, 5) is 25.9. The molecule has 0 aliphatic carbocycles. The Morgan fingerprint density at radius 2 is 1.77 bits per heavy atom. The Balaban J connectivity index is 1.70. The predicted molar refractivity (Wildman–Crippen MR) is 117 cm³/mol. The minimum atomic E-state index is -0.448. The number of benzene rings is 1. The van der Waals surface area contributed by atoms with Gasteiger partial charge in [-0.3, -0.25) is 4.79 Å². The summed E-state index contributed by atoms with van der Waals surface area (Å²) < 4.78 is 16.5. The van der Waals surface area contributed by atoms with Gasteiger partial charge in [-0.15, -0.1) is 11.3 Å². The fourth-order valence-electron chi connectivity index (χ4n) is 3.08. The molecule has 3 rings (SSSR count). The number of amides is 1. The highest BCUT2D eigenvalue weighted by molar-refractivity contribution is 7.16. The van der Waals surface area contributed by atoms with E-state index in [1.54, 1.807) is 19.1 Å². The molecule has 0 spiro atoms. The number of carbonyl (C=O) groups excluding carboxylic acids is 2. The zero-order valence-electron chi connectivity index (χ0n) is 17.8. The first-order valence-electron chi connectivity index (χ1n) is 9.66. The van der Waals surface area contributed by atoms with Crippen LogP contribution >= 0.6 is 11.3 Å². The molecule has 0 bridgehead atoms. The lowest BCUT2D eigenvalue weighted by Gasteiger charge is -2.07. The standard InChI is InChI=1S/C23H25NO5S/c1-6-27-23(26)20-15(4)16(5)30-22(20)24-21(25)19-8-7-17(29-19)12-28-18-10-13(2)9-14(3)11-18/h7-11H,6,12H2,1-5H3,(H,24,25).